The predicted molar refractivity (Wildman–Crippen MR) is 135 cm³/mol. The van der Waals surface area contributed by atoms with E-state index in [0.717, 1.165) is 0 Å². The lowest BCUT2D eigenvalue weighted by Gasteiger charge is -2.11. The quantitative estimate of drug-likeness (QED) is 0.248. The number of aromatic nitrogens is 2. The van der Waals surface area contributed by atoms with E-state index in [0.29, 0.717) is 21.8 Å². The third-order valence-electron chi connectivity index (χ3n) is 5.37. The summed E-state index contributed by atoms with van der Waals surface area (Å²) < 4.78 is 22.2. The minimum absolute atomic E-state index is 0.0915. The Kier molecular flexibility index (Phi) is 7.55. The number of hydrogen-bond donors (Lipinski definition) is 0. The van der Waals surface area contributed by atoms with Gasteiger partial charge in [0.2, 0.25) is 0 Å². The number of carbonyl (C=O) groups excluding carboxylic acids is 3. The minimum atomic E-state index is -0.783. The molecule has 9 nitrogen and oxygen atoms in total. The van der Waals surface area contributed by atoms with Gasteiger partial charge in [-0.05, 0) is 54.6 Å². The fraction of sp³-hybridized carbons (Fsp3) is 0.111. The van der Waals surface area contributed by atoms with E-state index in [1.807, 2.05) is 6.07 Å². The molecule has 37 heavy (non-hydrogen) atoms. The summed E-state index contributed by atoms with van der Waals surface area (Å²) in [5.74, 6) is -1.83. The number of rotatable bonds is 7. The first kappa shape index (κ1) is 25.5. The zero-order valence-electron chi connectivity index (χ0n) is 20.1. The predicted octanol–water partition coefficient (Wildman–Crippen LogP) is 4.99. The number of methoxy groups -OCH3 is 3. The summed E-state index contributed by atoms with van der Waals surface area (Å²) in [5.41, 5.74) is 1.18. The average Bonchev–Trinajstić information content (AvgIpc) is 3.34. The van der Waals surface area contributed by atoms with Crippen LogP contribution >= 0.6 is 11.6 Å². The zero-order chi connectivity index (χ0) is 26.5. The van der Waals surface area contributed by atoms with Crippen molar-refractivity contribution >= 4 is 29.5 Å². The van der Waals surface area contributed by atoms with E-state index in [-0.39, 0.29) is 28.5 Å². The largest absolute Gasteiger partial charge is 0.493 e. The number of ether oxygens (including phenoxy) is 4. The molecule has 0 saturated carbocycles. The highest BCUT2D eigenvalue weighted by molar-refractivity contribution is 6.30. The maximum atomic E-state index is 12.8. The molecular formula is C27H21ClN2O7. The lowest BCUT2D eigenvalue weighted by atomic mass is 10.0. The molecule has 0 aliphatic heterocycles. The standard InChI is InChI=1S/C27H21ClN2O7/c1-34-21-15-17(11-14-20(21)37-25(31)16-9-12-18(28)13-10-16)23-22(26(32)35-2)24(27(33)36-3)30(29-23)19-7-5-4-6-8-19/h4-15H,1-3H3. The second kappa shape index (κ2) is 11.0. The number of nitrogens with zero attached hydrogens (tertiary/aromatic N) is 2. The van der Waals surface area contributed by atoms with Crippen molar-refractivity contribution in [1.29, 1.82) is 0 Å². The van der Waals surface area contributed by atoms with E-state index < -0.39 is 17.9 Å². The molecule has 3 aromatic carbocycles. The molecule has 0 radical (unpaired) electrons. The fourth-order valence-corrected chi connectivity index (χ4v) is 3.73. The topological polar surface area (TPSA) is 106 Å². The van der Waals surface area contributed by atoms with E-state index in [1.165, 1.54) is 38.1 Å². The number of halogens is 1. The molecule has 0 amide bonds. The summed E-state index contributed by atoms with van der Waals surface area (Å²) in [7, 11) is 3.81. The molecule has 0 fully saturated rings. The molecule has 0 atom stereocenters. The van der Waals surface area contributed by atoms with Crippen LogP contribution in [0.2, 0.25) is 5.02 Å². The first-order valence-electron chi connectivity index (χ1n) is 10.9. The van der Waals surface area contributed by atoms with Gasteiger partial charge in [-0.2, -0.15) is 5.10 Å². The molecular weight excluding hydrogens is 500 g/mol. The van der Waals surface area contributed by atoms with Crippen LogP contribution in [0, 0.1) is 0 Å². The molecule has 1 heterocycles. The van der Waals surface area contributed by atoms with Crippen molar-refractivity contribution in [3.63, 3.8) is 0 Å². The Morgan fingerprint density at radius 1 is 0.784 bits per heavy atom. The first-order chi connectivity index (χ1) is 17.9. The molecule has 4 rings (SSSR count). The summed E-state index contributed by atoms with van der Waals surface area (Å²) in [5, 5.41) is 5.04. The van der Waals surface area contributed by atoms with Gasteiger partial charge >= 0.3 is 17.9 Å². The Hall–Kier alpha value is -4.63. The molecule has 0 unspecified atom stereocenters. The molecule has 0 saturated heterocycles. The molecule has 10 heteroatoms. The number of carbonyl (C=O) groups is 3. The Bertz CT molecular complexity index is 1460. The smallest absolute Gasteiger partial charge is 0.357 e. The summed E-state index contributed by atoms with van der Waals surface area (Å²) in [4.78, 5) is 38.2. The van der Waals surface area contributed by atoms with Gasteiger partial charge in [0.15, 0.2) is 17.2 Å². The lowest BCUT2D eigenvalue weighted by Crippen LogP contribution is -2.15. The van der Waals surface area contributed by atoms with E-state index >= 15 is 0 Å². The van der Waals surface area contributed by atoms with Crippen LogP contribution in [0.5, 0.6) is 11.5 Å². The average molecular weight is 521 g/mol. The Labute approximate surface area is 217 Å². The van der Waals surface area contributed by atoms with Crippen LogP contribution in [-0.4, -0.2) is 49.0 Å². The molecule has 0 spiro atoms. The number of benzene rings is 3. The third-order valence-corrected chi connectivity index (χ3v) is 5.63. The van der Waals surface area contributed by atoms with Gasteiger partial charge in [0.1, 0.15) is 11.3 Å². The maximum Gasteiger partial charge on any atom is 0.357 e. The summed E-state index contributed by atoms with van der Waals surface area (Å²) in [6, 6.07) is 19.7. The zero-order valence-corrected chi connectivity index (χ0v) is 20.8. The van der Waals surface area contributed by atoms with Gasteiger partial charge in [0.05, 0.1) is 32.6 Å². The van der Waals surface area contributed by atoms with Gasteiger partial charge in [-0.1, -0.05) is 29.8 Å². The van der Waals surface area contributed by atoms with Crippen LogP contribution in [0.15, 0.2) is 72.8 Å². The number of esters is 3. The molecule has 0 aliphatic rings. The Balaban J connectivity index is 1.82. The van der Waals surface area contributed by atoms with Crippen molar-refractivity contribution < 1.29 is 33.3 Å². The van der Waals surface area contributed by atoms with Crippen molar-refractivity contribution in [3.8, 4) is 28.4 Å². The van der Waals surface area contributed by atoms with Gasteiger partial charge < -0.3 is 18.9 Å². The van der Waals surface area contributed by atoms with Gasteiger partial charge in [-0.3, -0.25) is 0 Å². The van der Waals surface area contributed by atoms with Crippen LogP contribution in [0.4, 0.5) is 0 Å². The van der Waals surface area contributed by atoms with Gasteiger partial charge in [-0.25, -0.2) is 19.1 Å². The molecule has 4 aromatic rings. The fourth-order valence-electron chi connectivity index (χ4n) is 3.60. The second-order valence-electron chi connectivity index (χ2n) is 7.56. The normalized spacial score (nSPS) is 10.5. The van der Waals surface area contributed by atoms with Crippen molar-refractivity contribution in [2.24, 2.45) is 0 Å². The highest BCUT2D eigenvalue weighted by Gasteiger charge is 2.31. The van der Waals surface area contributed by atoms with E-state index in [4.69, 9.17) is 30.5 Å². The van der Waals surface area contributed by atoms with Crippen LogP contribution in [-0.2, 0) is 9.47 Å². The highest BCUT2D eigenvalue weighted by Crippen LogP contribution is 2.36. The van der Waals surface area contributed by atoms with Crippen LogP contribution in [0.3, 0.4) is 0 Å². The van der Waals surface area contributed by atoms with Crippen LogP contribution in [0.1, 0.15) is 31.2 Å². The minimum Gasteiger partial charge on any atom is -0.493 e. The molecule has 1 aromatic heterocycles. The van der Waals surface area contributed by atoms with Gasteiger partial charge in [0, 0.05) is 10.6 Å². The summed E-state index contributed by atoms with van der Waals surface area (Å²) in [6.45, 7) is 0. The molecule has 0 N–H and O–H groups in total. The second-order valence-corrected chi connectivity index (χ2v) is 8.00. The maximum absolute atomic E-state index is 12.8. The van der Waals surface area contributed by atoms with E-state index in [2.05, 4.69) is 5.10 Å². The van der Waals surface area contributed by atoms with Crippen LogP contribution in [0.25, 0.3) is 16.9 Å². The van der Waals surface area contributed by atoms with Crippen LogP contribution < -0.4 is 9.47 Å². The lowest BCUT2D eigenvalue weighted by molar-refractivity contribution is 0.0549. The van der Waals surface area contributed by atoms with Gasteiger partial charge in [0.25, 0.3) is 0 Å². The Morgan fingerprint density at radius 2 is 1.46 bits per heavy atom. The van der Waals surface area contributed by atoms with Crippen molar-refractivity contribution in [2.45, 2.75) is 0 Å². The monoisotopic (exact) mass is 520 g/mol. The Morgan fingerprint density at radius 3 is 2.08 bits per heavy atom. The summed E-state index contributed by atoms with van der Waals surface area (Å²) in [6.07, 6.45) is 0. The molecule has 0 aliphatic carbocycles. The third kappa shape index (κ3) is 5.17. The highest BCUT2D eigenvalue weighted by atomic mass is 35.5. The van der Waals surface area contributed by atoms with Crippen molar-refractivity contribution in [2.75, 3.05) is 21.3 Å². The SMILES string of the molecule is COC(=O)c1c(-c2ccc(OC(=O)c3ccc(Cl)cc3)c(OC)c2)nn(-c2ccccc2)c1C(=O)OC. The number of para-hydroxylation sites is 1. The molecule has 0 bridgehead atoms. The van der Waals surface area contributed by atoms with E-state index in [1.54, 1.807) is 54.6 Å². The molecule has 188 valence electrons. The summed E-state index contributed by atoms with van der Waals surface area (Å²) >= 11 is 5.88. The van der Waals surface area contributed by atoms with E-state index in [9.17, 15) is 14.4 Å². The van der Waals surface area contributed by atoms with Crippen molar-refractivity contribution in [1.82, 2.24) is 9.78 Å². The van der Waals surface area contributed by atoms with Crippen molar-refractivity contribution in [3.05, 3.63) is 94.6 Å². The first-order valence-corrected chi connectivity index (χ1v) is 11.3. The van der Waals surface area contributed by atoms with Gasteiger partial charge in [-0.15, -0.1) is 0 Å². The number of hydrogen-bond acceptors (Lipinski definition) is 8.